The molecule has 0 saturated heterocycles. The van der Waals surface area contributed by atoms with Crippen LogP contribution < -0.4 is 0 Å². The quantitative estimate of drug-likeness (QED) is 0.475. The summed E-state index contributed by atoms with van der Waals surface area (Å²) in [6, 6.07) is 4.18. The Hall–Kier alpha value is -1.03. The number of Topliss-reactive ketones (excluding diaryl/α,β-unsaturated/α-hetero) is 1. The Bertz CT molecular complexity index is 374. The fraction of sp³-hybridized carbons (Fsp3) is 0.200. The molecule has 0 spiro atoms. The molecular formula is C10H8BrFO2. The molecule has 1 aromatic carbocycles. The van der Waals surface area contributed by atoms with E-state index in [1.54, 1.807) is 6.92 Å². The molecule has 1 rings (SSSR count). The molecule has 0 saturated carbocycles. The summed E-state index contributed by atoms with van der Waals surface area (Å²) in [5, 5.41) is 0. The van der Waals surface area contributed by atoms with Crippen LogP contribution in [0.4, 0.5) is 4.39 Å². The molecule has 0 aliphatic heterocycles. The zero-order valence-electron chi connectivity index (χ0n) is 7.46. The second kappa shape index (κ2) is 4.46. The van der Waals surface area contributed by atoms with E-state index in [1.165, 1.54) is 18.2 Å². The van der Waals surface area contributed by atoms with E-state index < -0.39 is 10.6 Å². The van der Waals surface area contributed by atoms with Crippen molar-refractivity contribution in [1.82, 2.24) is 0 Å². The van der Waals surface area contributed by atoms with Crippen LogP contribution >= 0.6 is 15.9 Å². The lowest BCUT2D eigenvalue weighted by Crippen LogP contribution is -2.13. The van der Waals surface area contributed by atoms with Gasteiger partial charge in [0.15, 0.2) is 12.1 Å². The number of carbonyl (C=O) groups is 2. The molecule has 4 heteroatoms. The average Bonchev–Trinajstić information content (AvgIpc) is 2.17. The van der Waals surface area contributed by atoms with Gasteiger partial charge in [-0.25, -0.2) is 4.39 Å². The van der Waals surface area contributed by atoms with Crippen molar-refractivity contribution in [3.05, 3.63) is 35.1 Å². The Balaban J connectivity index is 3.22. The van der Waals surface area contributed by atoms with Gasteiger partial charge in [-0.2, -0.15) is 0 Å². The van der Waals surface area contributed by atoms with Crippen LogP contribution in [0.3, 0.4) is 0 Å². The molecule has 74 valence electrons. The molecule has 1 unspecified atom stereocenters. The van der Waals surface area contributed by atoms with E-state index in [0.29, 0.717) is 6.29 Å². The van der Waals surface area contributed by atoms with Crippen LogP contribution in [0.1, 0.15) is 27.6 Å². The zero-order chi connectivity index (χ0) is 10.7. The predicted octanol–water partition coefficient (Wildman–Crippen LogP) is 2.60. The lowest BCUT2D eigenvalue weighted by atomic mass is 10.1. The summed E-state index contributed by atoms with van der Waals surface area (Å²) in [7, 11) is 0. The van der Waals surface area contributed by atoms with Crippen molar-refractivity contribution in [3.63, 3.8) is 0 Å². The molecule has 1 atom stereocenters. The van der Waals surface area contributed by atoms with Crippen molar-refractivity contribution in [2.24, 2.45) is 0 Å². The maximum atomic E-state index is 13.4. The largest absolute Gasteiger partial charge is 0.298 e. The number of rotatable bonds is 3. The number of ketones is 1. The Labute approximate surface area is 89.2 Å². The molecule has 0 aromatic heterocycles. The first-order valence-corrected chi connectivity index (χ1v) is 4.91. The molecule has 0 bridgehead atoms. The third-order valence-corrected chi connectivity index (χ3v) is 2.20. The van der Waals surface area contributed by atoms with Gasteiger partial charge in [0.1, 0.15) is 5.82 Å². The Morgan fingerprint density at radius 1 is 1.57 bits per heavy atom. The Kier molecular flexibility index (Phi) is 3.52. The van der Waals surface area contributed by atoms with Crippen molar-refractivity contribution in [1.29, 1.82) is 0 Å². The van der Waals surface area contributed by atoms with Gasteiger partial charge in [0.25, 0.3) is 0 Å². The third-order valence-electron chi connectivity index (χ3n) is 1.78. The predicted molar refractivity (Wildman–Crippen MR) is 54.5 cm³/mol. The van der Waals surface area contributed by atoms with Gasteiger partial charge in [0.2, 0.25) is 0 Å². The highest BCUT2D eigenvalue weighted by molar-refractivity contribution is 9.10. The van der Waals surface area contributed by atoms with Gasteiger partial charge in [-0.1, -0.05) is 22.0 Å². The van der Waals surface area contributed by atoms with E-state index in [-0.39, 0.29) is 16.9 Å². The average molecular weight is 259 g/mol. The van der Waals surface area contributed by atoms with Crippen LogP contribution in [0, 0.1) is 5.82 Å². The van der Waals surface area contributed by atoms with E-state index in [1.807, 2.05) is 0 Å². The minimum Gasteiger partial charge on any atom is -0.298 e. The number of hydrogen-bond acceptors (Lipinski definition) is 2. The number of halogens is 2. The normalized spacial score (nSPS) is 12.2. The molecule has 0 radical (unpaired) electrons. The number of carbonyl (C=O) groups excluding carboxylic acids is 2. The van der Waals surface area contributed by atoms with Gasteiger partial charge >= 0.3 is 0 Å². The van der Waals surface area contributed by atoms with Crippen molar-refractivity contribution in [2.45, 2.75) is 11.8 Å². The maximum absolute atomic E-state index is 13.4. The lowest BCUT2D eigenvalue weighted by molar-refractivity contribution is 0.0992. The molecular weight excluding hydrogens is 251 g/mol. The second-order valence-corrected chi connectivity index (χ2v) is 4.18. The number of aldehydes is 1. The van der Waals surface area contributed by atoms with E-state index in [0.717, 1.165) is 0 Å². The summed E-state index contributed by atoms with van der Waals surface area (Å²) in [4.78, 5) is 21.4. The molecule has 0 amide bonds. The molecule has 0 heterocycles. The summed E-state index contributed by atoms with van der Waals surface area (Å²) in [5.41, 5.74) is -0.150. The topological polar surface area (TPSA) is 34.1 Å². The van der Waals surface area contributed by atoms with Crippen LogP contribution in [0.5, 0.6) is 0 Å². The van der Waals surface area contributed by atoms with Crippen molar-refractivity contribution >= 4 is 28.0 Å². The van der Waals surface area contributed by atoms with Crippen LogP contribution in [-0.2, 0) is 0 Å². The van der Waals surface area contributed by atoms with Crippen LogP contribution in [0.25, 0.3) is 0 Å². The fourth-order valence-electron chi connectivity index (χ4n) is 1.05. The van der Waals surface area contributed by atoms with E-state index >= 15 is 0 Å². The zero-order valence-corrected chi connectivity index (χ0v) is 9.05. The molecule has 0 fully saturated rings. The third kappa shape index (κ3) is 2.07. The molecule has 0 N–H and O–H groups in total. The van der Waals surface area contributed by atoms with Crippen LogP contribution in [0.15, 0.2) is 18.2 Å². The van der Waals surface area contributed by atoms with Crippen LogP contribution in [-0.4, -0.2) is 16.9 Å². The first-order valence-electron chi connectivity index (χ1n) is 4.00. The number of hydrogen-bond donors (Lipinski definition) is 0. The first-order chi connectivity index (χ1) is 6.57. The van der Waals surface area contributed by atoms with Gasteiger partial charge in [0, 0.05) is 0 Å². The van der Waals surface area contributed by atoms with E-state index in [4.69, 9.17) is 0 Å². The highest BCUT2D eigenvalue weighted by Gasteiger charge is 2.17. The van der Waals surface area contributed by atoms with Crippen LogP contribution in [0.2, 0.25) is 0 Å². The molecule has 14 heavy (non-hydrogen) atoms. The van der Waals surface area contributed by atoms with Crippen molar-refractivity contribution < 1.29 is 14.0 Å². The highest BCUT2D eigenvalue weighted by Crippen LogP contribution is 2.16. The second-order valence-electron chi connectivity index (χ2n) is 2.81. The van der Waals surface area contributed by atoms with Gasteiger partial charge < -0.3 is 0 Å². The fourth-order valence-corrected chi connectivity index (χ4v) is 1.29. The summed E-state index contributed by atoms with van der Waals surface area (Å²) in [6.45, 7) is 1.61. The first kappa shape index (κ1) is 11.0. The van der Waals surface area contributed by atoms with E-state index in [2.05, 4.69) is 15.9 Å². The maximum Gasteiger partial charge on any atom is 0.179 e. The van der Waals surface area contributed by atoms with Gasteiger partial charge in [-0.15, -0.1) is 0 Å². The summed E-state index contributed by atoms with van der Waals surface area (Å²) < 4.78 is 13.4. The molecule has 0 aliphatic rings. The summed E-state index contributed by atoms with van der Waals surface area (Å²) >= 11 is 3.05. The van der Waals surface area contributed by atoms with Crippen molar-refractivity contribution in [2.75, 3.05) is 0 Å². The molecule has 2 nitrogen and oxygen atoms in total. The van der Waals surface area contributed by atoms with Gasteiger partial charge in [-0.3, -0.25) is 9.59 Å². The highest BCUT2D eigenvalue weighted by atomic mass is 79.9. The summed E-state index contributed by atoms with van der Waals surface area (Å²) in [6.07, 6.45) is 0.394. The number of alkyl halides is 1. The summed E-state index contributed by atoms with van der Waals surface area (Å²) in [5.74, 6) is -1.12. The number of benzene rings is 1. The van der Waals surface area contributed by atoms with E-state index in [9.17, 15) is 14.0 Å². The Morgan fingerprint density at radius 3 is 2.71 bits per heavy atom. The Morgan fingerprint density at radius 2 is 2.21 bits per heavy atom. The molecule has 1 aromatic rings. The minimum atomic E-state index is -0.751. The van der Waals surface area contributed by atoms with Gasteiger partial charge in [-0.05, 0) is 19.1 Å². The van der Waals surface area contributed by atoms with Crippen molar-refractivity contribution in [3.8, 4) is 0 Å². The smallest absolute Gasteiger partial charge is 0.179 e. The molecule has 0 aliphatic carbocycles. The SMILES string of the molecule is CC(Br)C(=O)c1cccc(C=O)c1F. The standard InChI is InChI=1S/C10H8BrFO2/c1-6(11)10(14)8-4-2-3-7(5-13)9(8)12/h2-6H,1H3. The monoisotopic (exact) mass is 258 g/mol. The van der Waals surface area contributed by atoms with Gasteiger partial charge in [0.05, 0.1) is 16.0 Å². The lowest BCUT2D eigenvalue weighted by Gasteiger charge is -2.05. The minimum absolute atomic E-state index is 0.0565.